The summed E-state index contributed by atoms with van der Waals surface area (Å²) in [6, 6.07) is 1.35. The number of hydrogen-bond donors (Lipinski definition) is 2. The number of nitrogen functional groups attached to an aromatic ring is 1. The van der Waals surface area contributed by atoms with Crippen molar-refractivity contribution in [3.05, 3.63) is 23.6 Å². The highest BCUT2D eigenvalue weighted by Crippen LogP contribution is 2.30. The number of halogens is 1. The molecule has 1 fully saturated rings. The van der Waals surface area contributed by atoms with Crippen molar-refractivity contribution in [2.24, 2.45) is 11.8 Å². The molecule has 1 aliphatic rings. The first-order valence-electron chi connectivity index (χ1n) is 6.27. The second-order valence-electron chi connectivity index (χ2n) is 4.94. The molecule has 0 aliphatic heterocycles. The molecule has 1 saturated carbocycles. The van der Waals surface area contributed by atoms with Gasteiger partial charge in [-0.15, -0.1) is 0 Å². The summed E-state index contributed by atoms with van der Waals surface area (Å²) in [4.78, 5) is 15.4. The molecule has 98 valence electrons. The molecule has 2 unspecified atom stereocenters. The lowest BCUT2D eigenvalue weighted by Gasteiger charge is -2.16. The Morgan fingerprint density at radius 3 is 3.06 bits per heavy atom. The van der Waals surface area contributed by atoms with Gasteiger partial charge in [0.05, 0.1) is 5.56 Å². The number of anilines is 1. The number of amides is 1. The van der Waals surface area contributed by atoms with Crippen molar-refractivity contribution in [2.75, 3.05) is 12.3 Å². The van der Waals surface area contributed by atoms with E-state index in [9.17, 15) is 9.18 Å². The maximum absolute atomic E-state index is 13.6. The first-order chi connectivity index (χ1) is 8.59. The van der Waals surface area contributed by atoms with Crippen molar-refractivity contribution in [1.82, 2.24) is 10.3 Å². The molecule has 4 nitrogen and oxygen atoms in total. The molecular formula is C13H18FN3O. The maximum Gasteiger partial charge on any atom is 0.254 e. The molecule has 18 heavy (non-hydrogen) atoms. The highest BCUT2D eigenvalue weighted by Gasteiger charge is 2.24. The number of nitrogens with two attached hydrogens (primary N) is 1. The van der Waals surface area contributed by atoms with Crippen molar-refractivity contribution in [1.29, 1.82) is 0 Å². The van der Waals surface area contributed by atoms with E-state index in [1.165, 1.54) is 25.1 Å². The third-order valence-electron chi connectivity index (χ3n) is 3.72. The third kappa shape index (κ3) is 2.60. The van der Waals surface area contributed by atoms with Gasteiger partial charge in [-0.25, -0.2) is 9.37 Å². The van der Waals surface area contributed by atoms with E-state index in [0.29, 0.717) is 18.4 Å². The van der Waals surface area contributed by atoms with E-state index in [1.807, 2.05) is 0 Å². The molecule has 2 atom stereocenters. The van der Waals surface area contributed by atoms with Gasteiger partial charge < -0.3 is 11.1 Å². The number of nitrogens with one attached hydrogen (secondary N) is 1. The number of pyridine rings is 1. The van der Waals surface area contributed by atoms with Crippen LogP contribution in [0, 0.1) is 17.7 Å². The molecule has 5 heteroatoms. The predicted octanol–water partition coefficient (Wildman–Crippen LogP) is 1.97. The molecular weight excluding hydrogens is 233 g/mol. The van der Waals surface area contributed by atoms with Gasteiger partial charge in [-0.3, -0.25) is 4.79 Å². The minimum absolute atomic E-state index is 0.0341. The van der Waals surface area contributed by atoms with Crippen molar-refractivity contribution in [3.63, 3.8) is 0 Å². The van der Waals surface area contributed by atoms with E-state index < -0.39 is 11.7 Å². The van der Waals surface area contributed by atoms with E-state index in [1.54, 1.807) is 0 Å². The number of nitrogens with zero attached hydrogens (tertiary/aromatic N) is 1. The number of rotatable bonds is 3. The Kier molecular flexibility index (Phi) is 3.79. The van der Waals surface area contributed by atoms with Gasteiger partial charge in [-0.2, -0.15) is 0 Å². The normalized spacial score (nSPS) is 23.0. The van der Waals surface area contributed by atoms with E-state index in [4.69, 9.17) is 5.73 Å². The Morgan fingerprint density at radius 2 is 2.39 bits per heavy atom. The minimum Gasteiger partial charge on any atom is -0.381 e. The Hall–Kier alpha value is -1.65. The fourth-order valence-electron chi connectivity index (χ4n) is 2.48. The highest BCUT2D eigenvalue weighted by molar-refractivity contribution is 5.95. The summed E-state index contributed by atoms with van der Waals surface area (Å²) < 4.78 is 13.6. The standard InChI is InChI=1S/C13H18FN3O/c1-8-3-2-4-9(8)7-17-13(18)10-5-6-16-12(15)11(10)14/h5-6,8-9H,2-4,7H2,1H3,(H2,15,16)(H,17,18). The molecule has 3 N–H and O–H groups in total. The van der Waals surface area contributed by atoms with Crippen LogP contribution in [0.4, 0.5) is 10.2 Å². The molecule has 0 bridgehead atoms. The third-order valence-corrected chi connectivity index (χ3v) is 3.72. The molecule has 0 aromatic carbocycles. The van der Waals surface area contributed by atoms with Gasteiger partial charge in [0.25, 0.3) is 5.91 Å². The SMILES string of the molecule is CC1CCCC1CNC(=O)c1ccnc(N)c1F. The summed E-state index contributed by atoms with van der Waals surface area (Å²) in [5.41, 5.74) is 5.30. The summed E-state index contributed by atoms with van der Waals surface area (Å²) in [7, 11) is 0. The number of carbonyl (C=O) groups excluding carboxylic acids is 1. The van der Waals surface area contributed by atoms with Gasteiger partial charge in [-0.1, -0.05) is 19.8 Å². The van der Waals surface area contributed by atoms with Crippen molar-refractivity contribution in [3.8, 4) is 0 Å². The molecule has 1 aromatic heterocycles. The van der Waals surface area contributed by atoms with Crippen molar-refractivity contribution in [2.45, 2.75) is 26.2 Å². The first kappa shape index (κ1) is 12.8. The van der Waals surface area contributed by atoms with Crippen molar-refractivity contribution >= 4 is 11.7 Å². The lowest BCUT2D eigenvalue weighted by Crippen LogP contribution is -2.31. The molecule has 0 radical (unpaired) electrons. The summed E-state index contributed by atoms with van der Waals surface area (Å²) in [5, 5.41) is 2.78. The monoisotopic (exact) mass is 251 g/mol. The van der Waals surface area contributed by atoms with Crippen LogP contribution in [0.25, 0.3) is 0 Å². The van der Waals surface area contributed by atoms with Crippen LogP contribution in [0.3, 0.4) is 0 Å². The average molecular weight is 251 g/mol. The Bertz CT molecular complexity index is 450. The molecule has 1 aromatic rings. The topological polar surface area (TPSA) is 68.0 Å². The van der Waals surface area contributed by atoms with Crippen LogP contribution < -0.4 is 11.1 Å². The van der Waals surface area contributed by atoms with Crippen LogP contribution in [0.15, 0.2) is 12.3 Å². The summed E-state index contributed by atoms with van der Waals surface area (Å²) in [6.07, 6.45) is 4.88. The Morgan fingerprint density at radius 1 is 1.61 bits per heavy atom. The van der Waals surface area contributed by atoms with E-state index in [2.05, 4.69) is 17.2 Å². The Balaban J connectivity index is 1.97. The second kappa shape index (κ2) is 5.33. The molecule has 0 spiro atoms. The minimum atomic E-state index is -0.741. The Labute approximate surface area is 106 Å². The molecule has 1 heterocycles. The van der Waals surface area contributed by atoms with E-state index in [0.717, 1.165) is 6.42 Å². The summed E-state index contributed by atoms with van der Waals surface area (Å²) >= 11 is 0. The van der Waals surface area contributed by atoms with Crippen LogP contribution >= 0.6 is 0 Å². The fraction of sp³-hybridized carbons (Fsp3) is 0.538. The van der Waals surface area contributed by atoms with E-state index in [-0.39, 0.29) is 11.4 Å². The van der Waals surface area contributed by atoms with Gasteiger partial charge in [0.1, 0.15) is 0 Å². The van der Waals surface area contributed by atoms with Crippen LogP contribution in [0.1, 0.15) is 36.5 Å². The predicted molar refractivity (Wildman–Crippen MR) is 67.4 cm³/mol. The largest absolute Gasteiger partial charge is 0.381 e. The van der Waals surface area contributed by atoms with Gasteiger partial charge >= 0.3 is 0 Å². The fourth-order valence-corrected chi connectivity index (χ4v) is 2.48. The molecule has 1 aliphatic carbocycles. The van der Waals surface area contributed by atoms with Crippen LogP contribution in [-0.2, 0) is 0 Å². The van der Waals surface area contributed by atoms with Gasteiger partial charge in [0, 0.05) is 12.7 Å². The van der Waals surface area contributed by atoms with Crippen LogP contribution in [0.2, 0.25) is 0 Å². The maximum atomic E-state index is 13.6. The van der Waals surface area contributed by atoms with E-state index >= 15 is 0 Å². The van der Waals surface area contributed by atoms with Crippen LogP contribution in [-0.4, -0.2) is 17.4 Å². The molecule has 2 rings (SSSR count). The molecule has 0 saturated heterocycles. The lowest BCUT2D eigenvalue weighted by atomic mass is 9.98. The summed E-state index contributed by atoms with van der Waals surface area (Å²) in [5.74, 6) is -0.277. The second-order valence-corrected chi connectivity index (χ2v) is 4.94. The highest BCUT2D eigenvalue weighted by atomic mass is 19.1. The molecule has 1 amide bonds. The average Bonchev–Trinajstić information content (AvgIpc) is 2.75. The van der Waals surface area contributed by atoms with Crippen molar-refractivity contribution < 1.29 is 9.18 Å². The summed E-state index contributed by atoms with van der Waals surface area (Å²) in [6.45, 7) is 2.79. The zero-order chi connectivity index (χ0) is 13.1. The van der Waals surface area contributed by atoms with Gasteiger partial charge in [-0.05, 0) is 24.3 Å². The first-order valence-corrected chi connectivity index (χ1v) is 6.27. The zero-order valence-corrected chi connectivity index (χ0v) is 10.4. The number of carbonyl (C=O) groups is 1. The van der Waals surface area contributed by atoms with Crippen LogP contribution in [0.5, 0.6) is 0 Å². The smallest absolute Gasteiger partial charge is 0.254 e. The zero-order valence-electron chi connectivity index (χ0n) is 10.4. The number of hydrogen-bond acceptors (Lipinski definition) is 3. The van der Waals surface area contributed by atoms with Gasteiger partial charge in [0.2, 0.25) is 0 Å². The quantitative estimate of drug-likeness (QED) is 0.863. The van der Waals surface area contributed by atoms with Gasteiger partial charge in [0.15, 0.2) is 11.6 Å². The lowest BCUT2D eigenvalue weighted by molar-refractivity contribution is 0.0940. The number of aromatic nitrogens is 1.